The van der Waals surface area contributed by atoms with Crippen LogP contribution in [0.25, 0.3) is 11.4 Å². The quantitative estimate of drug-likeness (QED) is 0.450. The molecule has 148 valence electrons. The highest BCUT2D eigenvalue weighted by Crippen LogP contribution is 2.34. The smallest absolute Gasteiger partial charge is 0.231 e. The van der Waals surface area contributed by atoms with Crippen molar-refractivity contribution in [3.8, 4) is 22.9 Å². The van der Waals surface area contributed by atoms with Gasteiger partial charge >= 0.3 is 0 Å². The van der Waals surface area contributed by atoms with Crippen molar-refractivity contribution in [2.45, 2.75) is 18.1 Å². The molecule has 8 nitrogen and oxygen atoms in total. The van der Waals surface area contributed by atoms with Gasteiger partial charge in [-0.3, -0.25) is 14.3 Å². The lowest BCUT2D eigenvalue weighted by Gasteiger charge is -2.08. The molecular weight excluding hydrogens is 390 g/mol. The number of allylic oxidation sites excluding steroid dienone is 1. The van der Waals surface area contributed by atoms with Gasteiger partial charge < -0.3 is 14.8 Å². The van der Waals surface area contributed by atoms with Crippen LogP contribution in [-0.2, 0) is 11.3 Å². The van der Waals surface area contributed by atoms with Gasteiger partial charge in [-0.25, -0.2) is 0 Å². The van der Waals surface area contributed by atoms with Gasteiger partial charge in [-0.15, -0.1) is 16.8 Å². The van der Waals surface area contributed by atoms with Crippen molar-refractivity contribution in [2.24, 2.45) is 0 Å². The summed E-state index contributed by atoms with van der Waals surface area (Å²) in [5, 5.41) is 12.2. The van der Waals surface area contributed by atoms with E-state index in [1.165, 1.54) is 11.8 Å². The molecule has 1 N–H and O–H groups in total. The molecule has 0 atom stereocenters. The SMILES string of the molecule is C=CCn1c(SCCC(=O)Nc2ccc3c(c2)OCO3)nnc1-c1cccnc1. The van der Waals surface area contributed by atoms with E-state index >= 15 is 0 Å². The Morgan fingerprint density at radius 1 is 1.28 bits per heavy atom. The molecule has 0 saturated heterocycles. The number of benzene rings is 1. The minimum Gasteiger partial charge on any atom is -0.454 e. The van der Waals surface area contributed by atoms with E-state index in [1.54, 1.807) is 36.7 Å². The number of carbonyl (C=O) groups is 1. The summed E-state index contributed by atoms with van der Waals surface area (Å²) in [5.41, 5.74) is 1.56. The maximum atomic E-state index is 12.3. The standard InChI is InChI=1S/C20H19N5O3S/c1-2-9-25-19(14-4-3-8-21-12-14)23-24-20(25)29-10-7-18(26)22-15-5-6-16-17(11-15)28-13-27-16/h2-6,8,11-12H,1,7,9-10,13H2,(H,22,26). The minimum atomic E-state index is -0.0846. The van der Waals surface area contributed by atoms with Gasteiger partial charge in [-0.05, 0) is 24.3 Å². The Bertz CT molecular complexity index is 1020. The molecule has 0 unspecified atom stereocenters. The van der Waals surface area contributed by atoms with Crippen LogP contribution in [0, 0.1) is 0 Å². The number of amides is 1. The second-order valence-electron chi connectivity index (χ2n) is 6.16. The van der Waals surface area contributed by atoms with E-state index in [9.17, 15) is 4.79 Å². The van der Waals surface area contributed by atoms with Crippen LogP contribution in [0.4, 0.5) is 5.69 Å². The van der Waals surface area contributed by atoms with Crippen molar-refractivity contribution >= 4 is 23.4 Å². The highest BCUT2D eigenvalue weighted by Gasteiger charge is 2.16. The molecule has 1 aliphatic rings. The van der Waals surface area contributed by atoms with Crippen LogP contribution >= 0.6 is 11.8 Å². The van der Waals surface area contributed by atoms with Crippen LogP contribution in [0.15, 0.2) is 60.5 Å². The molecule has 0 radical (unpaired) electrons. The summed E-state index contributed by atoms with van der Waals surface area (Å²) >= 11 is 1.48. The molecule has 3 heterocycles. The molecular formula is C20H19N5O3S. The predicted octanol–water partition coefficient (Wildman–Crippen LogP) is 3.38. The largest absolute Gasteiger partial charge is 0.454 e. The predicted molar refractivity (Wildman–Crippen MR) is 110 cm³/mol. The average Bonchev–Trinajstić information content (AvgIpc) is 3.36. The van der Waals surface area contributed by atoms with E-state index in [-0.39, 0.29) is 12.7 Å². The fourth-order valence-electron chi connectivity index (χ4n) is 2.83. The van der Waals surface area contributed by atoms with E-state index in [0.717, 1.165) is 16.5 Å². The fraction of sp³-hybridized carbons (Fsp3) is 0.200. The fourth-order valence-corrected chi connectivity index (χ4v) is 3.72. The van der Waals surface area contributed by atoms with Gasteiger partial charge in [0.25, 0.3) is 0 Å². The summed E-state index contributed by atoms with van der Waals surface area (Å²) in [6, 6.07) is 9.12. The number of hydrogen-bond donors (Lipinski definition) is 1. The highest BCUT2D eigenvalue weighted by molar-refractivity contribution is 7.99. The summed E-state index contributed by atoms with van der Waals surface area (Å²) in [5.74, 6) is 2.53. The molecule has 0 saturated carbocycles. The summed E-state index contributed by atoms with van der Waals surface area (Å²) in [6.07, 6.45) is 5.59. The van der Waals surface area contributed by atoms with Gasteiger partial charge in [-0.1, -0.05) is 17.8 Å². The Kier molecular flexibility index (Phi) is 5.76. The molecule has 0 bridgehead atoms. The minimum absolute atomic E-state index is 0.0846. The highest BCUT2D eigenvalue weighted by atomic mass is 32.2. The maximum absolute atomic E-state index is 12.3. The van der Waals surface area contributed by atoms with Crippen LogP contribution in [0.3, 0.4) is 0 Å². The van der Waals surface area contributed by atoms with Crippen molar-refractivity contribution in [3.63, 3.8) is 0 Å². The van der Waals surface area contributed by atoms with Crippen LogP contribution in [0.1, 0.15) is 6.42 Å². The third kappa shape index (κ3) is 4.40. The number of thioether (sulfide) groups is 1. The number of ether oxygens (including phenoxy) is 2. The third-order valence-corrected chi connectivity index (χ3v) is 5.13. The lowest BCUT2D eigenvalue weighted by molar-refractivity contribution is -0.115. The first kappa shape index (κ1) is 19.0. The first-order valence-corrected chi connectivity index (χ1v) is 10.00. The zero-order valence-corrected chi connectivity index (χ0v) is 16.4. The van der Waals surface area contributed by atoms with Crippen molar-refractivity contribution < 1.29 is 14.3 Å². The summed E-state index contributed by atoms with van der Waals surface area (Å²) < 4.78 is 12.6. The van der Waals surface area contributed by atoms with Gasteiger partial charge in [0.15, 0.2) is 22.5 Å². The van der Waals surface area contributed by atoms with Gasteiger partial charge in [-0.2, -0.15) is 0 Å². The Balaban J connectivity index is 1.36. The normalized spacial score (nSPS) is 12.0. The number of aromatic nitrogens is 4. The van der Waals surface area contributed by atoms with E-state index in [0.29, 0.717) is 35.9 Å². The molecule has 29 heavy (non-hydrogen) atoms. The number of anilines is 1. The first-order valence-electron chi connectivity index (χ1n) is 9.01. The number of rotatable bonds is 8. The van der Waals surface area contributed by atoms with Crippen molar-refractivity contribution in [1.29, 1.82) is 0 Å². The molecule has 0 aliphatic carbocycles. The van der Waals surface area contributed by atoms with Crippen molar-refractivity contribution in [1.82, 2.24) is 19.7 Å². The molecule has 1 aliphatic heterocycles. The zero-order valence-electron chi connectivity index (χ0n) is 15.6. The monoisotopic (exact) mass is 409 g/mol. The summed E-state index contributed by atoms with van der Waals surface area (Å²) in [7, 11) is 0. The van der Waals surface area contributed by atoms with Crippen LogP contribution in [0.5, 0.6) is 11.5 Å². The topological polar surface area (TPSA) is 91.2 Å². The molecule has 0 spiro atoms. The number of pyridine rings is 1. The van der Waals surface area contributed by atoms with Gasteiger partial charge in [0, 0.05) is 48.4 Å². The molecule has 2 aromatic heterocycles. The number of carbonyl (C=O) groups excluding carboxylic acids is 1. The van der Waals surface area contributed by atoms with Crippen LogP contribution < -0.4 is 14.8 Å². The number of fused-ring (bicyclic) bond motifs is 1. The number of nitrogens with one attached hydrogen (secondary N) is 1. The number of nitrogens with zero attached hydrogens (tertiary/aromatic N) is 4. The second kappa shape index (κ2) is 8.78. The average molecular weight is 409 g/mol. The Labute approximate surface area is 172 Å². The molecule has 0 fully saturated rings. The summed E-state index contributed by atoms with van der Waals surface area (Å²) in [4.78, 5) is 16.4. The maximum Gasteiger partial charge on any atom is 0.231 e. The molecule has 4 rings (SSSR count). The molecule has 1 aromatic carbocycles. The van der Waals surface area contributed by atoms with Crippen LogP contribution in [-0.4, -0.2) is 38.2 Å². The zero-order chi connectivity index (χ0) is 20.1. The Morgan fingerprint density at radius 2 is 2.17 bits per heavy atom. The molecule has 1 amide bonds. The molecule has 9 heteroatoms. The van der Waals surface area contributed by atoms with Crippen LogP contribution in [0.2, 0.25) is 0 Å². The third-order valence-electron chi connectivity index (χ3n) is 4.16. The lowest BCUT2D eigenvalue weighted by Crippen LogP contribution is -2.12. The van der Waals surface area contributed by atoms with Gasteiger partial charge in [0.05, 0.1) is 0 Å². The van der Waals surface area contributed by atoms with E-state index in [1.807, 2.05) is 16.7 Å². The van der Waals surface area contributed by atoms with Gasteiger partial charge in [0.2, 0.25) is 12.7 Å². The Morgan fingerprint density at radius 3 is 3.00 bits per heavy atom. The second-order valence-corrected chi connectivity index (χ2v) is 7.22. The Hall–Kier alpha value is -3.33. The van der Waals surface area contributed by atoms with E-state index < -0.39 is 0 Å². The number of hydrogen-bond acceptors (Lipinski definition) is 7. The van der Waals surface area contributed by atoms with Gasteiger partial charge in [0.1, 0.15) is 0 Å². The van der Waals surface area contributed by atoms with Crippen molar-refractivity contribution in [3.05, 3.63) is 55.4 Å². The summed E-state index contributed by atoms with van der Waals surface area (Å²) in [6.45, 7) is 4.58. The van der Waals surface area contributed by atoms with E-state index in [4.69, 9.17) is 9.47 Å². The van der Waals surface area contributed by atoms with Crippen molar-refractivity contribution in [2.75, 3.05) is 17.9 Å². The first-order chi connectivity index (χ1) is 14.2. The van der Waals surface area contributed by atoms with E-state index in [2.05, 4.69) is 27.1 Å². The molecule has 3 aromatic rings. The lowest BCUT2D eigenvalue weighted by atomic mass is 10.2.